The Labute approximate surface area is 275 Å². The Bertz CT molecular complexity index is 1530. The molecule has 1 N–H and O–H groups in total. The number of anilines is 2. The summed E-state index contributed by atoms with van der Waals surface area (Å²) in [5.74, 6) is 0.0542. The molecule has 0 radical (unpaired) electrons. The van der Waals surface area contributed by atoms with Crippen LogP contribution in [-0.2, 0) is 9.53 Å². The van der Waals surface area contributed by atoms with Gasteiger partial charge in [0.25, 0.3) is 11.8 Å². The zero-order chi connectivity index (χ0) is 31.2. The average Bonchev–Trinajstić information content (AvgIpc) is 3.20. The fraction of sp³-hybridized carbons (Fsp3) is 0.382. The first-order valence-corrected chi connectivity index (χ1v) is 15.4. The highest BCUT2D eigenvalue weighted by molar-refractivity contribution is 6.30. The number of nitrogens with one attached hydrogen (secondary N) is 1. The number of methoxy groups -OCH3 is 1. The summed E-state index contributed by atoms with van der Waals surface area (Å²) in [6.07, 6.45) is 1.28. The molecule has 1 saturated heterocycles. The van der Waals surface area contributed by atoms with Crippen molar-refractivity contribution in [1.29, 1.82) is 0 Å². The number of piperazine rings is 1. The molecule has 0 aromatic heterocycles. The van der Waals surface area contributed by atoms with Crippen molar-refractivity contribution in [3.8, 4) is 5.75 Å². The number of fused-ring (bicyclic) bond motifs is 1. The first-order valence-electron chi connectivity index (χ1n) is 15.0. The van der Waals surface area contributed by atoms with Crippen LogP contribution in [0.1, 0.15) is 57.7 Å². The first kappa shape index (κ1) is 34.2. The van der Waals surface area contributed by atoms with Crippen molar-refractivity contribution < 1.29 is 23.9 Å². The van der Waals surface area contributed by atoms with E-state index in [1.807, 2.05) is 42.2 Å². The molecule has 0 aliphatic carbocycles. The van der Waals surface area contributed by atoms with Crippen LogP contribution in [0.2, 0.25) is 5.02 Å². The maximum atomic E-state index is 14.0. The van der Waals surface area contributed by atoms with E-state index in [-0.39, 0.29) is 36.2 Å². The van der Waals surface area contributed by atoms with Crippen LogP contribution in [0.25, 0.3) is 0 Å². The van der Waals surface area contributed by atoms with Gasteiger partial charge in [-0.2, -0.15) is 0 Å². The van der Waals surface area contributed by atoms with E-state index in [9.17, 15) is 14.4 Å². The van der Waals surface area contributed by atoms with Gasteiger partial charge in [0.2, 0.25) is 5.91 Å². The third-order valence-corrected chi connectivity index (χ3v) is 8.58. The summed E-state index contributed by atoms with van der Waals surface area (Å²) in [6.45, 7) is 8.43. The molecule has 2 aliphatic heterocycles. The fourth-order valence-corrected chi connectivity index (χ4v) is 6.03. The predicted molar refractivity (Wildman–Crippen MR) is 179 cm³/mol. The van der Waals surface area contributed by atoms with Gasteiger partial charge in [0.05, 0.1) is 25.4 Å². The summed E-state index contributed by atoms with van der Waals surface area (Å²) in [4.78, 5) is 44.5. The van der Waals surface area contributed by atoms with E-state index in [2.05, 4.69) is 10.2 Å². The van der Waals surface area contributed by atoms with Crippen LogP contribution < -0.4 is 15.0 Å². The largest absolute Gasteiger partial charge is 0.496 e. The van der Waals surface area contributed by atoms with E-state index in [4.69, 9.17) is 21.1 Å². The molecule has 2 aliphatic rings. The Morgan fingerprint density at radius 2 is 1.71 bits per heavy atom. The molecule has 1 unspecified atom stereocenters. The van der Waals surface area contributed by atoms with Gasteiger partial charge in [0.15, 0.2) is 0 Å². The summed E-state index contributed by atoms with van der Waals surface area (Å²) in [5.41, 5.74) is 4.02. The topological polar surface area (TPSA) is 91.4 Å². The molecule has 2 heterocycles. The number of amides is 3. The summed E-state index contributed by atoms with van der Waals surface area (Å²) < 4.78 is 12.0. The van der Waals surface area contributed by atoms with Gasteiger partial charge in [0.1, 0.15) is 5.75 Å². The smallest absolute Gasteiger partial charge is 0.262 e. The molecule has 0 bridgehead atoms. The number of rotatable bonds is 8. The third kappa shape index (κ3) is 8.16. The molecule has 45 heavy (non-hydrogen) atoms. The Morgan fingerprint density at radius 1 is 0.956 bits per heavy atom. The Kier molecular flexibility index (Phi) is 11.9. The lowest BCUT2D eigenvalue weighted by molar-refractivity contribution is -0.130. The summed E-state index contributed by atoms with van der Waals surface area (Å²) in [7, 11) is 1.51. The lowest BCUT2D eigenvalue weighted by Gasteiger charge is -2.34. The van der Waals surface area contributed by atoms with Gasteiger partial charge in [-0.3, -0.25) is 19.3 Å². The number of nitrogens with zero attached hydrogens (tertiary/aromatic N) is 3. The second kappa shape index (κ2) is 15.6. The van der Waals surface area contributed by atoms with Gasteiger partial charge in [-0.05, 0) is 61.7 Å². The minimum absolute atomic E-state index is 0. The molecule has 1 atom stereocenters. The van der Waals surface area contributed by atoms with Crippen LogP contribution in [0.5, 0.6) is 5.75 Å². The van der Waals surface area contributed by atoms with Gasteiger partial charge in [-0.1, -0.05) is 29.8 Å². The molecule has 3 amide bonds. The average molecular weight is 656 g/mol. The van der Waals surface area contributed by atoms with Crippen molar-refractivity contribution in [3.63, 3.8) is 0 Å². The zero-order valence-electron chi connectivity index (χ0n) is 25.9. The summed E-state index contributed by atoms with van der Waals surface area (Å²) >= 11 is 6.44. The van der Waals surface area contributed by atoms with Crippen LogP contribution >= 0.6 is 24.0 Å². The van der Waals surface area contributed by atoms with Crippen LogP contribution in [0, 0.1) is 6.92 Å². The number of hydrogen-bond acceptors (Lipinski definition) is 6. The van der Waals surface area contributed by atoms with Crippen LogP contribution in [0.4, 0.5) is 11.4 Å². The van der Waals surface area contributed by atoms with Crippen molar-refractivity contribution in [1.82, 2.24) is 9.80 Å². The molecule has 0 spiro atoms. The second-order valence-corrected chi connectivity index (χ2v) is 11.6. The number of aryl methyl sites for hydroxylation is 1. The van der Waals surface area contributed by atoms with Gasteiger partial charge < -0.3 is 24.6 Å². The minimum Gasteiger partial charge on any atom is -0.496 e. The van der Waals surface area contributed by atoms with Crippen LogP contribution in [0.3, 0.4) is 0 Å². The van der Waals surface area contributed by atoms with Crippen LogP contribution in [0.15, 0.2) is 60.7 Å². The highest BCUT2D eigenvalue weighted by atomic mass is 35.5. The second-order valence-electron chi connectivity index (χ2n) is 11.2. The molecule has 240 valence electrons. The number of carbonyl (C=O) groups is 3. The minimum atomic E-state index is -0.230. The van der Waals surface area contributed by atoms with E-state index in [1.165, 1.54) is 7.11 Å². The summed E-state index contributed by atoms with van der Waals surface area (Å²) in [6, 6.07) is 18.0. The molecule has 0 saturated carbocycles. The SMILES string of the molecule is COc1cc(NC(=O)c2ccccc2C)ccc1C(=O)N1CCCC(OCCN2CCN(C(C)=O)CC2)c2cc(Cl)ccc21.Cl. The summed E-state index contributed by atoms with van der Waals surface area (Å²) in [5, 5.41) is 3.49. The van der Waals surface area contributed by atoms with E-state index >= 15 is 0 Å². The molecule has 3 aromatic carbocycles. The zero-order valence-corrected chi connectivity index (χ0v) is 27.5. The van der Waals surface area contributed by atoms with E-state index in [0.29, 0.717) is 40.7 Å². The normalized spacial score (nSPS) is 16.7. The van der Waals surface area contributed by atoms with Crippen molar-refractivity contribution in [3.05, 3.63) is 87.9 Å². The van der Waals surface area contributed by atoms with Gasteiger partial charge in [-0.25, -0.2) is 0 Å². The molecule has 9 nitrogen and oxygen atoms in total. The van der Waals surface area contributed by atoms with E-state index in [1.54, 1.807) is 42.2 Å². The standard InChI is InChI=1S/C34H39ClN4O5.ClH/c1-23-7-4-5-8-27(23)33(41)36-26-11-12-28(32(22-26)43-3)34(42)39-14-6-9-31(29-21-25(35)10-13-30(29)39)44-20-19-37-15-17-38(18-16-37)24(2)40;/h4-5,7-8,10-13,21-22,31H,6,9,14-20H2,1-3H3,(H,36,41);1H. The van der Waals surface area contributed by atoms with Gasteiger partial charge in [-0.15, -0.1) is 12.4 Å². The number of ether oxygens (including phenoxy) is 2. The van der Waals surface area contributed by atoms with E-state index in [0.717, 1.165) is 62.4 Å². The van der Waals surface area contributed by atoms with Crippen molar-refractivity contribution in [2.45, 2.75) is 32.8 Å². The Balaban J connectivity index is 0.00000461. The highest BCUT2D eigenvalue weighted by Crippen LogP contribution is 2.38. The van der Waals surface area contributed by atoms with Crippen molar-refractivity contribution in [2.24, 2.45) is 0 Å². The molecule has 3 aromatic rings. The molecule has 5 rings (SSSR count). The van der Waals surface area contributed by atoms with Crippen molar-refractivity contribution in [2.75, 3.05) is 63.2 Å². The van der Waals surface area contributed by atoms with Gasteiger partial charge in [0, 0.05) is 79.8 Å². The van der Waals surface area contributed by atoms with Crippen LogP contribution in [-0.4, -0.2) is 80.5 Å². The van der Waals surface area contributed by atoms with Gasteiger partial charge >= 0.3 is 0 Å². The lowest BCUT2D eigenvalue weighted by atomic mass is 10.0. The Morgan fingerprint density at radius 3 is 2.42 bits per heavy atom. The van der Waals surface area contributed by atoms with Crippen molar-refractivity contribution >= 4 is 53.1 Å². The quantitative estimate of drug-likeness (QED) is 0.321. The number of hydrogen-bond donors (Lipinski definition) is 1. The monoisotopic (exact) mass is 654 g/mol. The fourth-order valence-electron chi connectivity index (χ4n) is 5.85. The van der Waals surface area contributed by atoms with E-state index < -0.39 is 0 Å². The number of halogens is 2. The highest BCUT2D eigenvalue weighted by Gasteiger charge is 2.30. The molecular weight excluding hydrogens is 615 g/mol. The Hall–Kier alpha value is -3.63. The predicted octanol–water partition coefficient (Wildman–Crippen LogP) is 5.99. The maximum absolute atomic E-state index is 14.0. The molecule has 1 fully saturated rings. The molecular formula is C34H40Cl2N4O5. The first-order chi connectivity index (χ1) is 21.2. The lowest BCUT2D eigenvalue weighted by Crippen LogP contribution is -2.48. The third-order valence-electron chi connectivity index (χ3n) is 8.34. The number of benzene rings is 3. The maximum Gasteiger partial charge on any atom is 0.262 e. The molecule has 11 heteroatoms. The number of carbonyl (C=O) groups excluding carboxylic acids is 3.